The molecule has 0 spiro atoms. The van der Waals surface area contributed by atoms with Crippen LogP contribution < -0.4 is 0 Å². The van der Waals surface area contributed by atoms with Crippen LogP contribution in [0, 0.1) is 11.7 Å². The number of hydrogen-bond acceptors (Lipinski definition) is 6. The normalized spacial score (nSPS) is 15.0. The predicted molar refractivity (Wildman–Crippen MR) is 120 cm³/mol. The lowest BCUT2D eigenvalue weighted by Crippen LogP contribution is -2.38. The van der Waals surface area contributed by atoms with Crippen LogP contribution in [0.2, 0.25) is 0 Å². The first kappa shape index (κ1) is 21.2. The lowest BCUT2D eigenvalue weighted by molar-refractivity contribution is -0.133. The third kappa shape index (κ3) is 4.35. The van der Waals surface area contributed by atoms with E-state index >= 15 is 0 Å². The number of carbonyl (C=O) groups excluding carboxylic acids is 1. The fourth-order valence-electron chi connectivity index (χ4n) is 4.30. The summed E-state index contributed by atoms with van der Waals surface area (Å²) in [6.45, 7) is 5.57. The molecule has 0 bridgehead atoms. The molecule has 1 amide bonds. The molecule has 0 atom stereocenters. The van der Waals surface area contributed by atoms with Crippen LogP contribution in [0.4, 0.5) is 4.39 Å². The maximum Gasteiger partial charge on any atom is 0.222 e. The van der Waals surface area contributed by atoms with Crippen molar-refractivity contribution in [1.82, 2.24) is 30.1 Å². The van der Waals surface area contributed by atoms with Crippen molar-refractivity contribution in [2.24, 2.45) is 5.92 Å². The first-order chi connectivity index (χ1) is 16.0. The maximum absolute atomic E-state index is 14.8. The molecule has 1 aliphatic rings. The van der Waals surface area contributed by atoms with Gasteiger partial charge in [-0.3, -0.25) is 4.79 Å². The average Bonchev–Trinajstić information content (AvgIpc) is 3.48. The third-order valence-corrected chi connectivity index (χ3v) is 6.06. The zero-order chi connectivity index (χ0) is 22.9. The van der Waals surface area contributed by atoms with Crippen LogP contribution in [0.5, 0.6) is 0 Å². The smallest absolute Gasteiger partial charge is 0.222 e. The molecule has 0 radical (unpaired) electrons. The Hall–Kier alpha value is -3.62. The van der Waals surface area contributed by atoms with Crippen molar-refractivity contribution in [3.05, 3.63) is 54.4 Å². The SMILES string of the molecule is CC(C)CC(=O)N1CCC(c2nc3cc(-c4ccc(-n5cnnn5)cc4F)ccc3o2)CC1. The molecular weight excluding hydrogens is 423 g/mol. The van der Waals surface area contributed by atoms with Crippen LogP contribution in [-0.2, 0) is 4.79 Å². The fraction of sp³-hybridized carbons (Fsp3) is 0.375. The van der Waals surface area contributed by atoms with Crippen molar-refractivity contribution in [2.45, 2.75) is 39.0 Å². The summed E-state index contributed by atoms with van der Waals surface area (Å²) in [4.78, 5) is 19.0. The molecule has 1 fully saturated rings. The Labute approximate surface area is 190 Å². The number of hydrogen-bond donors (Lipinski definition) is 0. The van der Waals surface area contributed by atoms with E-state index in [4.69, 9.17) is 9.40 Å². The van der Waals surface area contributed by atoms with Gasteiger partial charge in [-0.15, -0.1) is 5.10 Å². The van der Waals surface area contributed by atoms with Gasteiger partial charge in [0, 0.05) is 37.1 Å². The topological polar surface area (TPSA) is 89.9 Å². The minimum atomic E-state index is -0.371. The molecular formula is C24H25FN6O2. The summed E-state index contributed by atoms with van der Waals surface area (Å²) in [5.74, 6) is 1.08. The number of benzene rings is 2. The van der Waals surface area contributed by atoms with Gasteiger partial charge in [0.15, 0.2) is 11.5 Å². The second-order valence-electron chi connectivity index (χ2n) is 8.91. The molecule has 8 nitrogen and oxygen atoms in total. The molecule has 4 aromatic rings. The van der Waals surface area contributed by atoms with Crippen molar-refractivity contribution in [3.63, 3.8) is 0 Å². The summed E-state index contributed by atoms with van der Waals surface area (Å²) in [6, 6.07) is 10.4. The molecule has 0 saturated carbocycles. The maximum atomic E-state index is 14.8. The van der Waals surface area contributed by atoms with Crippen molar-refractivity contribution < 1.29 is 13.6 Å². The molecule has 1 aliphatic heterocycles. The van der Waals surface area contributed by atoms with E-state index in [2.05, 4.69) is 29.4 Å². The Kier molecular flexibility index (Phi) is 5.62. The fourth-order valence-corrected chi connectivity index (χ4v) is 4.30. The van der Waals surface area contributed by atoms with Crippen molar-refractivity contribution in [3.8, 4) is 16.8 Å². The van der Waals surface area contributed by atoms with Crippen LogP contribution in [0.3, 0.4) is 0 Å². The van der Waals surface area contributed by atoms with Gasteiger partial charge in [0.25, 0.3) is 0 Å². The Morgan fingerprint density at radius 2 is 2.00 bits per heavy atom. The molecule has 2 aromatic carbocycles. The van der Waals surface area contributed by atoms with Gasteiger partial charge in [0.1, 0.15) is 17.7 Å². The highest BCUT2D eigenvalue weighted by atomic mass is 19.1. The van der Waals surface area contributed by atoms with Crippen molar-refractivity contribution >= 4 is 17.0 Å². The number of oxazole rings is 1. The van der Waals surface area contributed by atoms with E-state index in [1.54, 1.807) is 12.1 Å². The average molecular weight is 449 g/mol. The number of amides is 1. The molecule has 9 heteroatoms. The van der Waals surface area contributed by atoms with E-state index in [0.717, 1.165) is 31.5 Å². The molecule has 5 rings (SSSR count). The van der Waals surface area contributed by atoms with E-state index in [1.807, 2.05) is 23.1 Å². The monoisotopic (exact) mass is 448 g/mol. The summed E-state index contributed by atoms with van der Waals surface area (Å²) in [5, 5.41) is 10.9. The molecule has 170 valence electrons. The second kappa shape index (κ2) is 8.73. The Morgan fingerprint density at radius 1 is 1.18 bits per heavy atom. The number of carbonyl (C=O) groups is 1. The third-order valence-electron chi connectivity index (χ3n) is 6.06. The highest BCUT2D eigenvalue weighted by Crippen LogP contribution is 2.33. The van der Waals surface area contributed by atoms with Crippen LogP contribution in [-0.4, -0.2) is 49.1 Å². The summed E-state index contributed by atoms with van der Waals surface area (Å²) < 4.78 is 22.3. The minimum absolute atomic E-state index is 0.177. The van der Waals surface area contributed by atoms with Gasteiger partial charge in [-0.05, 0) is 59.0 Å². The summed E-state index contributed by atoms with van der Waals surface area (Å²) in [6.07, 6.45) is 3.67. The minimum Gasteiger partial charge on any atom is -0.440 e. The van der Waals surface area contributed by atoms with Gasteiger partial charge in [0.05, 0.1) is 5.69 Å². The highest BCUT2D eigenvalue weighted by molar-refractivity contribution is 5.81. The van der Waals surface area contributed by atoms with Crippen molar-refractivity contribution in [1.29, 1.82) is 0 Å². The van der Waals surface area contributed by atoms with Crippen LogP contribution in [0.1, 0.15) is 44.9 Å². The molecule has 2 aromatic heterocycles. The first-order valence-electron chi connectivity index (χ1n) is 11.2. The zero-order valence-corrected chi connectivity index (χ0v) is 18.6. The molecule has 0 aliphatic carbocycles. The summed E-state index contributed by atoms with van der Waals surface area (Å²) in [7, 11) is 0. The largest absolute Gasteiger partial charge is 0.440 e. The van der Waals surface area contributed by atoms with Crippen LogP contribution in [0.25, 0.3) is 27.9 Å². The Morgan fingerprint density at radius 3 is 2.70 bits per heavy atom. The standard InChI is InChI=1S/C24H25FN6O2/c1-15(2)11-23(32)30-9-7-16(8-10-30)24-27-21-12-17(3-6-22(21)33-24)19-5-4-18(13-20(19)25)31-14-26-28-29-31/h3-6,12-16H,7-11H2,1-2H3. The lowest BCUT2D eigenvalue weighted by Gasteiger charge is -2.31. The summed E-state index contributed by atoms with van der Waals surface area (Å²) in [5.41, 5.74) is 3.11. The molecule has 0 unspecified atom stereocenters. The molecule has 1 saturated heterocycles. The van der Waals surface area contributed by atoms with E-state index in [0.29, 0.717) is 40.6 Å². The number of piperidine rings is 1. The van der Waals surface area contributed by atoms with Crippen LogP contribution >= 0.6 is 0 Å². The van der Waals surface area contributed by atoms with Gasteiger partial charge in [-0.1, -0.05) is 19.9 Å². The first-order valence-corrected chi connectivity index (χ1v) is 11.2. The van der Waals surface area contributed by atoms with Gasteiger partial charge in [0.2, 0.25) is 5.91 Å². The van der Waals surface area contributed by atoms with Gasteiger partial charge >= 0.3 is 0 Å². The predicted octanol–water partition coefficient (Wildman–Crippen LogP) is 4.36. The number of tetrazole rings is 1. The number of nitrogens with zero attached hydrogens (tertiary/aromatic N) is 6. The number of rotatable bonds is 5. The van der Waals surface area contributed by atoms with E-state index in [1.165, 1.54) is 17.1 Å². The number of likely N-dealkylation sites (tertiary alicyclic amines) is 1. The number of aromatic nitrogens is 5. The van der Waals surface area contributed by atoms with Crippen molar-refractivity contribution in [2.75, 3.05) is 13.1 Å². The highest BCUT2D eigenvalue weighted by Gasteiger charge is 2.27. The van der Waals surface area contributed by atoms with E-state index in [-0.39, 0.29) is 17.6 Å². The molecule has 33 heavy (non-hydrogen) atoms. The van der Waals surface area contributed by atoms with Gasteiger partial charge < -0.3 is 9.32 Å². The lowest BCUT2D eigenvalue weighted by atomic mass is 9.96. The Balaban J connectivity index is 1.33. The van der Waals surface area contributed by atoms with Gasteiger partial charge in [-0.2, -0.15) is 0 Å². The zero-order valence-electron chi connectivity index (χ0n) is 18.6. The van der Waals surface area contributed by atoms with E-state index < -0.39 is 0 Å². The number of halogens is 1. The summed E-state index contributed by atoms with van der Waals surface area (Å²) >= 11 is 0. The van der Waals surface area contributed by atoms with Crippen LogP contribution in [0.15, 0.2) is 47.1 Å². The number of fused-ring (bicyclic) bond motifs is 1. The van der Waals surface area contributed by atoms with Gasteiger partial charge in [-0.25, -0.2) is 14.1 Å². The molecule has 3 heterocycles. The quantitative estimate of drug-likeness (QED) is 0.451. The second-order valence-corrected chi connectivity index (χ2v) is 8.91. The van der Waals surface area contributed by atoms with E-state index in [9.17, 15) is 9.18 Å². The Bertz CT molecular complexity index is 1280. The molecule has 0 N–H and O–H groups in total.